The summed E-state index contributed by atoms with van der Waals surface area (Å²) in [5.74, 6) is 1.38. The van der Waals surface area contributed by atoms with Crippen LogP contribution >= 0.6 is 11.6 Å². The zero-order valence-corrected chi connectivity index (χ0v) is 10.4. The molecule has 1 aromatic carbocycles. The summed E-state index contributed by atoms with van der Waals surface area (Å²) < 4.78 is 3.43. The summed E-state index contributed by atoms with van der Waals surface area (Å²) in [5, 5.41) is 12.6. The van der Waals surface area contributed by atoms with Crippen molar-refractivity contribution in [3.63, 3.8) is 0 Å². The van der Waals surface area contributed by atoms with E-state index in [0.717, 1.165) is 5.56 Å². The number of nitrogens with zero attached hydrogens (tertiary/aromatic N) is 5. The average molecular weight is 260 g/mol. The molecule has 2 aromatic heterocycles. The minimum Gasteiger partial charge on any atom is -0.274 e. The molecule has 2 heterocycles. The fourth-order valence-electron chi connectivity index (χ4n) is 1.76. The molecule has 0 unspecified atom stereocenters. The number of hydrogen-bond donors (Lipinski definition) is 0. The molecule has 90 valence electrons. The topological polar surface area (TPSA) is 48.5 Å². The van der Waals surface area contributed by atoms with Crippen LogP contribution in [0.5, 0.6) is 0 Å². The first kappa shape index (κ1) is 11.0. The van der Waals surface area contributed by atoms with Gasteiger partial charge in [-0.3, -0.25) is 4.68 Å². The Bertz CT molecular complexity index is 671. The van der Waals surface area contributed by atoms with Crippen molar-refractivity contribution in [2.75, 3.05) is 0 Å². The van der Waals surface area contributed by atoms with Crippen LogP contribution in [0.1, 0.15) is 0 Å². The van der Waals surface area contributed by atoms with E-state index in [-0.39, 0.29) is 0 Å². The van der Waals surface area contributed by atoms with Gasteiger partial charge in [0.25, 0.3) is 0 Å². The van der Waals surface area contributed by atoms with Gasteiger partial charge in [-0.15, -0.1) is 10.2 Å². The number of benzene rings is 1. The predicted molar refractivity (Wildman–Crippen MR) is 68.6 cm³/mol. The van der Waals surface area contributed by atoms with Crippen LogP contribution in [-0.2, 0) is 7.05 Å². The Morgan fingerprint density at radius 3 is 2.50 bits per heavy atom. The standard InChI is InChI=1S/C12H10ClN5/c1-17-8-7-10(16-17)18-11(14-15-12(18)13)9-5-3-2-4-6-9/h2-8H,1H3. The van der Waals surface area contributed by atoms with Crippen molar-refractivity contribution in [2.24, 2.45) is 7.05 Å². The van der Waals surface area contributed by atoms with E-state index in [0.29, 0.717) is 16.9 Å². The number of aryl methyl sites for hydroxylation is 1. The molecule has 0 aliphatic rings. The SMILES string of the molecule is Cn1ccc(-n2c(Cl)nnc2-c2ccccc2)n1. The lowest BCUT2D eigenvalue weighted by atomic mass is 10.2. The van der Waals surface area contributed by atoms with Crippen LogP contribution in [0.2, 0.25) is 5.28 Å². The van der Waals surface area contributed by atoms with Crippen molar-refractivity contribution in [3.8, 4) is 17.2 Å². The second kappa shape index (κ2) is 4.27. The normalized spacial score (nSPS) is 10.8. The minimum atomic E-state index is 0.299. The van der Waals surface area contributed by atoms with Crippen molar-refractivity contribution >= 4 is 11.6 Å². The molecule has 0 aliphatic heterocycles. The largest absolute Gasteiger partial charge is 0.274 e. The Labute approximate surface area is 109 Å². The molecular weight excluding hydrogens is 250 g/mol. The molecule has 0 spiro atoms. The third-order valence-corrected chi connectivity index (χ3v) is 2.83. The molecule has 0 radical (unpaired) electrons. The van der Waals surface area contributed by atoms with E-state index in [4.69, 9.17) is 11.6 Å². The summed E-state index contributed by atoms with van der Waals surface area (Å²) in [7, 11) is 1.85. The Balaban J connectivity index is 2.18. The summed E-state index contributed by atoms with van der Waals surface area (Å²) in [6.07, 6.45) is 1.85. The van der Waals surface area contributed by atoms with Gasteiger partial charge in [0.1, 0.15) is 0 Å². The smallest absolute Gasteiger partial charge is 0.231 e. The molecule has 0 aliphatic carbocycles. The number of hydrogen-bond acceptors (Lipinski definition) is 3. The second-order valence-corrected chi connectivity index (χ2v) is 4.18. The average Bonchev–Trinajstić information content (AvgIpc) is 2.96. The Morgan fingerprint density at radius 2 is 1.83 bits per heavy atom. The molecule has 0 bridgehead atoms. The summed E-state index contributed by atoms with van der Waals surface area (Å²) >= 11 is 6.08. The number of halogens is 1. The van der Waals surface area contributed by atoms with Crippen molar-refractivity contribution in [1.29, 1.82) is 0 Å². The fraction of sp³-hybridized carbons (Fsp3) is 0.0833. The van der Waals surface area contributed by atoms with Gasteiger partial charge in [0, 0.05) is 24.9 Å². The van der Waals surface area contributed by atoms with Gasteiger partial charge in [0.05, 0.1) is 0 Å². The molecule has 5 nitrogen and oxygen atoms in total. The van der Waals surface area contributed by atoms with Gasteiger partial charge in [-0.1, -0.05) is 30.3 Å². The lowest BCUT2D eigenvalue weighted by Gasteiger charge is -2.03. The van der Waals surface area contributed by atoms with Crippen molar-refractivity contribution in [3.05, 3.63) is 47.9 Å². The summed E-state index contributed by atoms with van der Waals surface area (Å²) in [4.78, 5) is 0. The van der Waals surface area contributed by atoms with Gasteiger partial charge >= 0.3 is 0 Å². The van der Waals surface area contributed by atoms with E-state index in [1.165, 1.54) is 0 Å². The van der Waals surface area contributed by atoms with Crippen LogP contribution in [0.4, 0.5) is 0 Å². The van der Waals surface area contributed by atoms with Crippen LogP contribution in [0, 0.1) is 0 Å². The van der Waals surface area contributed by atoms with Crippen LogP contribution in [0.15, 0.2) is 42.6 Å². The third-order valence-electron chi connectivity index (χ3n) is 2.58. The van der Waals surface area contributed by atoms with Gasteiger partial charge in [-0.2, -0.15) is 5.10 Å². The van der Waals surface area contributed by atoms with Crippen LogP contribution in [0.3, 0.4) is 0 Å². The molecule has 3 aromatic rings. The first-order chi connectivity index (χ1) is 8.75. The molecule has 0 N–H and O–H groups in total. The summed E-state index contributed by atoms with van der Waals surface area (Å²) in [5.41, 5.74) is 0.947. The van der Waals surface area contributed by atoms with Crippen molar-refractivity contribution < 1.29 is 0 Å². The maximum absolute atomic E-state index is 6.08. The summed E-state index contributed by atoms with van der Waals surface area (Å²) in [6.45, 7) is 0. The third kappa shape index (κ3) is 1.78. The van der Waals surface area contributed by atoms with E-state index in [1.807, 2.05) is 49.6 Å². The molecule has 0 saturated heterocycles. The molecular formula is C12H10ClN5. The fourth-order valence-corrected chi connectivity index (χ4v) is 1.97. The van der Waals surface area contributed by atoms with Crippen LogP contribution < -0.4 is 0 Å². The van der Waals surface area contributed by atoms with Gasteiger partial charge in [0.2, 0.25) is 5.28 Å². The zero-order valence-electron chi connectivity index (χ0n) is 9.66. The Kier molecular flexibility index (Phi) is 2.60. The predicted octanol–water partition coefficient (Wildman–Crippen LogP) is 2.32. The highest BCUT2D eigenvalue weighted by Gasteiger charge is 2.15. The molecule has 6 heteroatoms. The van der Waals surface area contributed by atoms with Gasteiger partial charge in [-0.05, 0) is 11.6 Å². The number of aromatic nitrogens is 5. The maximum atomic E-state index is 6.08. The molecule has 0 fully saturated rings. The molecule has 3 rings (SSSR count). The first-order valence-corrected chi connectivity index (χ1v) is 5.80. The van der Waals surface area contributed by atoms with E-state index in [2.05, 4.69) is 15.3 Å². The zero-order chi connectivity index (χ0) is 12.5. The van der Waals surface area contributed by atoms with Crippen molar-refractivity contribution in [2.45, 2.75) is 0 Å². The van der Waals surface area contributed by atoms with E-state index in [1.54, 1.807) is 9.25 Å². The molecule has 0 atom stereocenters. The highest BCUT2D eigenvalue weighted by molar-refractivity contribution is 6.28. The van der Waals surface area contributed by atoms with E-state index >= 15 is 0 Å². The quantitative estimate of drug-likeness (QED) is 0.710. The van der Waals surface area contributed by atoms with Crippen LogP contribution in [0.25, 0.3) is 17.2 Å². The molecule has 0 amide bonds. The molecule has 0 saturated carbocycles. The van der Waals surface area contributed by atoms with Gasteiger partial charge in [-0.25, -0.2) is 4.57 Å². The maximum Gasteiger partial charge on any atom is 0.231 e. The summed E-state index contributed by atoms with van der Waals surface area (Å²) in [6, 6.07) is 11.6. The van der Waals surface area contributed by atoms with Crippen LogP contribution in [-0.4, -0.2) is 24.5 Å². The monoisotopic (exact) mass is 259 g/mol. The molecule has 18 heavy (non-hydrogen) atoms. The first-order valence-electron chi connectivity index (χ1n) is 5.42. The minimum absolute atomic E-state index is 0.299. The lowest BCUT2D eigenvalue weighted by molar-refractivity contribution is 0.751. The van der Waals surface area contributed by atoms with Gasteiger partial charge in [0.15, 0.2) is 11.6 Å². The van der Waals surface area contributed by atoms with E-state index in [9.17, 15) is 0 Å². The van der Waals surface area contributed by atoms with Crippen molar-refractivity contribution in [1.82, 2.24) is 24.5 Å². The lowest BCUT2D eigenvalue weighted by Crippen LogP contribution is -2.00. The van der Waals surface area contributed by atoms with Gasteiger partial charge < -0.3 is 0 Å². The highest BCUT2D eigenvalue weighted by atomic mass is 35.5. The Morgan fingerprint density at radius 1 is 1.06 bits per heavy atom. The second-order valence-electron chi connectivity index (χ2n) is 3.84. The highest BCUT2D eigenvalue weighted by Crippen LogP contribution is 2.23. The Hall–Kier alpha value is -2.14. The van der Waals surface area contributed by atoms with E-state index < -0.39 is 0 Å². The number of rotatable bonds is 2.